The van der Waals surface area contributed by atoms with Crippen LogP contribution in [0.4, 0.5) is 19.1 Å². The quantitative estimate of drug-likeness (QED) is 0.238. The highest BCUT2D eigenvalue weighted by Crippen LogP contribution is 2.39. The predicted octanol–water partition coefficient (Wildman–Crippen LogP) is 4.78. The summed E-state index contributed by atoms with van der Waals surface area (Å²) in [5.41, 5.74) is 5.01. The number of fused-ring (bicyclic) bond motifs is 1. The zero-order valence-corrected chi connectivity index (χ0v) is 19.9. The van der Waals surface area contributed by atoms with E-state index in [2.05, 4.69) is 25.6 Å². The first-order valence-corrected chi connectivity index (χ1v) is 12.2. The summed E-state index contributed by atoms with van der Waals surface area (Å²) in [5, 5.41) is 16.4. The second-order valence-corrected chi connectivity index (χ2v) is 9.23. The summed E-state index contributed by atoms with van der Waals surface area (Å²) in [6.45, 7) is 1.66. The number of unbranched alkanes of at least 4 members (excludes halogenated alkanes) is 3. The number of aromatic nitrogens is 3. The van der Waals surface area contributed by atoms with Crippen molar-refractivity contribution in [2.75, 3.05) is 18.4 Å². The van der Waals surface area contributed by atoms with Crippen LogP contribution < -0.4 is 16.4 Å². The number of carboxylic acids is 1. The molecule has 0 radical (unpaired) electrons. The number of hydrogen-bond acceptors (Lipinski definition) is 6. The van der Waals surface area contributed by atoms with Gasteiger partial charge in [-0.1, -0.05) is 18.9 Å². The second-order valence-electron chi connectivity index (χ2n) is 9.23. The average Bonchev–Trinajstić information content (AvgIpc) is 3.46. The van der Waals surface area contributed by atoms with Gasteiger partial charge in [-0.3, -0.25) is 0 Å². The van der Waals surface area contributed by atoms with E-state index in [-0.39, 0.29) is 28.8 Å². The maximum Gasteiger partial charge on any atom is 0.419 e. The number of halogens is 3. The molecule has 6 N–H and O–H groups in total. The minimum Gasteiger partial charge on any atom is -0.478 e. The lowest BCUT2D eigenvalue weighted by molar-refractivity contribution is -0.137. The molecule has 0 amide bonds. The lowest BCUT2D eigenvalue weighted by Gasteiger charge is -2.17. The third-order valence-corrected chi connectivity index (χ3v) is 6.61. The normalized spacial score (nSPS) is 18.1. The molecule has 0 aliphatic heterocycles. The van der Waals surface area contributed by atoms with Gasteiger partial charge in [0, 0.05) is 40.9 Å². The highest BCUT2D eigenvalue weighted by atomic mass is 19.4. The maximum atomic E-state index is 13.8. The number of benzene rings is 1. The van der Waals surface area contributed by atoms with Gasteiger partial charge in [-0.05, 0) is 57.3 Å². The number of rotatable bonds is 11. The van der Waals surface area contributed by atoms with Crippen LogP contribution in [0.25, 0.3) is 22.2 Å². The van der Waals surface area contributed by atoms with Crippen LogP contribution in [0.5, 0.6) is 0 Å². The van der Waals surface area contributed by atoms with Crippen molar-refractivity contribution in [1.29, 1.82) is 0 Å². The Kier molecular flexibility index (Phi) is 8.10. The summed E-state index contributed by atoms with van der Waals surface area (Å²) >= 11 is 0. The van der Waals surface area contributed by atoms with Crippen molar-refractivity contribution in [2.45, 2.75) is 63.2 Å². The number of alkyl halides is 3. The van der Waals surface area contributed by atoms with Crippen molar-refractivity contribution in [3.05, 3.63) is 41.7 Å². The number of nitrogens with two attached hydrogens (primary N) is 1. The molecule has 0 saturated heterocycles. The molecule has 3 aromatic rings. The number of nitrogens with one attached hydrogen (secondary N) is 3. The van der Waals surface area contributed by atoms with Gasteiger partial charge in [-0.2, -0.15) is 13.2 Å². The molecule has 2 heterocycles. The van der Waals surface area contributed by atoms with Crippen molar-refractivity contribution in [1.82, 2.24) is 20.3 Å². The van der Waals surface area contributed by atoms with Gasteiger partial charge in [-0.15, -0.1) is 0 Å². The lowest BCUT2D eigenvalue weighted by Crippen LogP contribution is -2.29. The zero-order valence-electron chi connectivity index (χ0n) is 19.9. The van der Waals surface area contributed by atoms with Gasteiger partial charge in [0.05, 0.1) is 11.3 Å². The van der Waals surface area contributed by atoms with Gasteiger partial charge < -0.3 is 26.5 Å². The molecule has 0 spiro atoms. The summed E-state index contributed by atoms with van der Waals surface area (Å²) in [6.07, 6.45) is 4.69. The van der Waals surface area contributed by atoms with Crippen molar-refractivity contribution >= 4 is 22.8 Å². The predicted molar refractivity (Wildman–Crippen MR) is 132 cm³/mol. The largest absolute Gasteiger partial charge is 0.478 e. The Balaban J connectivity index is 1.48. The van der Waals surface area contributed by atoms with Gasteiger partial charge in [0.1, 0.15) is 5.56 Å². The van der Waals surface area contributed by atoms with Crippen LogP contribution in [0.15, 0.2) is 30.6 Å². The standard InChI is InChI=1S/C25H31F3N6O2/c26-25(27,28)20-14-32-24(33-17-7-6-16(12-17)30-10-4-2-1-3-9-29)34-22(20)19-13-31-21-11-15(23(35)36)5-8-18(19)21/h5,8,11,13-14,16-17,30-31H,1-4,6-7,9-10,12,29H2,(H,35,36)(H,32,33,34)/t16-,17-/m0/s1. The number of hydrogen-bond donors (Lipinski definition) is 5. The molecule has 1 aliphatic carbocycles. The molecule has 194 valence electrons. The number of nitrogens with zero attached hydrogens (tertiary/aromatic N) is 2. The van der Waals surface area contributed by atoms with Crippen LogP contribution in [0.2, 0.25) is 0 Å². The first-order valence-electron chi connectivity index (χ1n) is 12.2. The number of H-pyrrole nitrogens is 1. The monoisotopic (exact) mass is 504 g/mol. The topological polar surface area (TPSA) is 129 Å². The second kappa shape index (κ2) is 11.3. The summed E-state index contributed by atoms with van der Waals surface area (Å²) in [4.78, 5) is 22.4. The Morgan fingerprint density at radius 3 is 2.69 bits per heavy atom. The molecular weight excluding hydrogens is 473 g/mol. The number of anilines is 1. The van der Waals surface area contributed by atoms with Crippen LogP contribution in [-0.4, -0.2) is 51.2 Å². The lowest BCUT2D eigenvalue weighted by atomic mass is 10.0. The van der Waals surface area contributed by atoms with E-state index in [1.54, 1.807) is 0 Å². The van der Waals surface area contributed by atoms with E-state index in [0.29, 0.717) is 16.9 Å². The molecule has 8 nitrogen and oxygen atoms in total. The van der Waals surface area contributed by atoms with Crippen LogP contribution in [0.3, 0.4) is 0 Å². The van der Waals surface area contributed by atoms with Crippen LogP contribution >= 0.6 is 0 Å². The zero-order chi connectivity index (χ0) is 25.7. The summed E-state index contributed by atoms with van der Waals surface area (Å²) in [7, 11) is 0. The SMILES string of the molecule is NCCCCCCN[C@H]1CC[C@H](Nc2ncc(C(F)(F)F)c(-c3c[nH]c4cc(C(=O)O)ccc34)n2)C1. The van der Waals surface area contributed by atoms with Gasteiger partial charge >= 0.3 is 12.1 Å². The average molecular weight is 505 g/mol. The molecule has 0 bridgehead atoms. The number of carboxylic acid groups (broad SMARTS) is 1. The number of carbonyl (C=O) groups is 1. The van der Waals surface area contributed by atoms with Gasteiger partial charge in [0.15, 0.2) is 0 Å². The van der Waals surface area contributed by atoms with Crippen molar-refractivity contribution in [2.24, 2.45) is 5.73 Å². The Morgan fingerprint density at radius 1 is 1.17 bits per heavy atom. The molecular formula is C25H31F3N6O2. The Labute approximate surface area is 206 Å². The van der Waals surface area contributed by atoms with Gasteiger partial charge in [0.25, 0.3) is 0 Å². The smallest absolute Gasteiger partial charge is 0.419 e. The summed E-state index contributed by atoms with van der Waals surface area (Å²) in [5.74, 6) is -0.976. The molecule has 1 saturated carbocycles. The van der Waals surface area contributed by atoms with E-state index in [1.807, 2.05) is 0 Å². The number of aromatic amines is 1. The first kappa shape index (κ1) is 25.9. The van der Waals surface area contributed by atoms with E-state index in [9.17, 15) is 23.1 Å². The highest BCUT2D eigenvalue weighted by Gasteiger charge is 2.36. The van der Waals surface area contributed by atoms with Gasteiger partial charge in [-0.25, -0.2) is 14.8 Å². The fraction of sp³-hybridized carbons (Fsp3) is 0.480. The molecule has 0 unspecified atom stereocenters. The third kappa shape index (κ3) is 6.14. The van der Waals surface area contributed by atoms with Crippen molar-refractivity contribution < 1.29 is 23.1 Å². The summed E-state index contributed by atoms with van der Waals surface area (Å²) < 4.78 is 41.4. The van der Waals surface area contributed by atoms with Crippen molar-refractivity contribution in [3.8, 4) is 11.3 Å². The van der Waals surface area contributed by atoms with Crippen LogP contribution in [0, 0.1) is 0 Å². The molecule has 36 heavy (non-hydrogen) atoms. The fourth-order valence-corrected chi connectivity index (χ4v) is 4.73. The van der Waals surface area contributed by atoms with E-state index in [0.717, 1.165) is 64.2 Å². The first-order chi connectivity index (χ1) is 17.3. The minimum absolute atomic E-state index is 0.0388. The Hall–Kier alpha value is -3.18. The van der Waals surface area contributed by atoms with E-state index >= 15 is 0 Å². The maximum absolute atomic E-state index is 13.8. The molecule has 1 fully saturated rings. The molecule has 1 aromatic carbocycles. The third-order valence-electron chi connectivity index (χ3n) is 6.61. The van der Waals surface area contributed by atoms with E-state index in [1.165, 1.54) is 24.4 Å². The van der Waals surface area contributed by atoms with E-state index < -0.39 is 17.7 Å². The van der Waals surface area contributed by atoms with Crippen LogP contribution in [-0.2, 0) is 6.18 Å². The highest BCUT2D eigenvalue weighted by molar-refractivity contribution is 5.99. The van der Waals surface area contributed by atoms with Gasteiger partial charge in [0.2, 0.25) is 5.95 Å². The molecule has 1 aliphatic rings. The number of aromatic carboxylic acids is 1. The summed E-state index contributed by atoms with van der Waals surface area (Å²) in [6, 6.07) is 4.65. The van der Waals surface area contributed by atoms with Crippen LogP contribution in [0.1, 0.15) is 60.9 Å². The minimum atomic E-state index is -4.65. The Morgan fingerprint density at radius 2 is 1.94 bits per heavy atom. The van der Waals surface area contributed by atoms with Crippen molar-refractivity contribution in [3.63, 3.8) is 0 Å². The Bertz CT molecular complexity index is 1200. The molecule has 4 rings (SSSR count). The van der Waals surface area contributed by atoms with E-state index in [4.69, 9.17) is 5.73 Å². The molecule has 11 heteroatoms. The molecule has 2 aromatic heterocycles. The fourth-order valence-electron chi connectivity index (χ4n) is 4.73. The molecule has 2 atom stereocenters.